The van der Waals surface area contributed by atoms with Gasteiger partial charge in [0.15, 0.2) is 5.78 Å². The highest BCUT2D eigenvalue weighted by Gasteiger charge is 2.41. The van der Waals surface area contributed by atoms with Gasteiger partial charge in [-0.2, -0.15) is 0 Å². The summed E-state index contributed by atoms with van der Waals surface area (Å²) in [6.45, 7) is 8.07. The van der Waals surface area contributed by atoms with Crippen LogP contribution in [0.25, 0.3) is 0 Å². The van der Waals surface area contributed by atoms with Crippen molar-refractivity contribution < 1.29 is 9.90 Å². The minimum Gasteiger partial charge on any atom is -0.385 e. The van der Waals surface area contributed by atoms with Crippen molar-refractivity contribution in [2.45, 2.75) is 33.8 Å². The maximum Gasteiger partial charge on any atom is 0.164 e. The normalized spacial score (nSPS) is 49.4. The van der Waals surface area contributed by atoms with Crippen LogP contribution >= 0.6 is 0 Å². The molecule has 0 aromatic carbocycles. The third-order valence-corrected chi connectivity index (χ3v) is 3.69. The molecule has 1 saturated carbocycles. The Morgan fingerprint density at radius 1 is 1.00 bits per heavy atom. The fraction of sp³-hybridized carbons (Fsp3) is 0.900. The Bertz CT molecular complexity index is 170. The highest BCUT2D eigenvalue weighted by atomic mass is 16.3. The Hall–Kier alpha value is -0.370. The molecule has 1 N–H and O–H groups in total. The molecule has 1 rings (SSSR count). The number of rotatable bonds is 0. The van der Waals surface area contributed by atoms with Crippen LogP contribution in [0.4, 0.5) is 0 Å². The molecule has 5 unspecified atom stereocenters. The molecular weight excluding hydrogens is 152 g/mol. The average molecular weight is 170 g/mol. The molecule has 5 atom stereocenters. The van der Waals surface area contributed by atoms with Gasteiger partial charge in [0.2, 0.25) is 0 Å². The summed E-state index contributed by atoms with van der Waals surface area (Å²) in [4.78, 5) is 11.4. The lowest BCUT2D eigenvalue weighted by Crippen LogP contribution is -2.46. The molecule has 0 saturated heterocycles. The average Bonchev–Trinajstić information content (AvgIpc) is 2.08. The van der Waals surface area contributed by atoms with Crippen LogP contribution in [-0.2, 0) is 4.79 Å². The van der Waals surface area contributed by atoms with E-state index in [4.69, 9.17) is 0 Å². The van der Waals surface area contributed by atoms with Crippen LogP contribution in [0.2, 0.25) is 0 Å². The molecule has 70 valence electrons. The van der Waals surface area contributed by atoms with E-state index in [1.807, 2.05) is 13.8 Å². The van der Waals surface area contributed by atoms with E-state index in [0.29, 0.717) is 11.8 Å². The topological polar surface area (TPSA) is 37.3 Å². The Kier molecular flexibility index (Phi) is 2.57. The molecule has 0 bridgehead atoms. The van der Waals surface area contributed by atoms with Crippen molar-refractivity contribution in [3.05, 3.63) is 0 Å². The number of carbonyl (C=O) groups is 1. The van der Waals surface area contributed by atoms with Gasteiger partial charge in [0.25, 0.3) is 0 Å². The van der Waals surface area contributed by atoms with Crippen molar-refractivity contribution in [2.24, 2.45) is 23.7 Å². The molecule has 12 heavy (non-hydrogen) atoms. The van der Waals surface area contributed by atoms with Gasteiger partial charge in [0, 0.05) is 5.92 Å². The molecule has 1 aliphatic rings. The zero-order valence-electron chi connectivity index (χ0n) is 8.24. The van der Waals surface area contributed by atoms with E-state index < -0.39 is 6.10 Å². The predicted molar refractivity (Wildman–Crippen MR) is 47.7 cm³/mol. The number of aliphatic hydroxyl groups is 1. The zero-order chi connectivity index (χ0) is 9.46. The molecule has 0 heterocycles. The molecule has 0 spiro atoms. The third-order valence-electron chi connectivity index (χ3n) is 3.69. The Morgan fingerprint density at radius 3 is 2.00 bits per heavy atom. The van der Waals surface area contributed by atoms with Crippen LogP contribution in [0.3, 0.4) is 0 Å². The molecule has 0 aromatic heterocycles. The maximum absolute atomic E-state index is 11.4. The van der Waals surface area contributed by atoms with E-state index in [9.17, 15) is 9.90 Å². The van der Waals surface area contributed by atoms with Crippen molar-refractivity contribution in [1.82, 2.24) is 0 Å². The van der Waals surface area contributed by atoms with Gasteiger partial charge < -0.3 is 5.11 Å². The summed E-state index contributed by atoms with van der Waals surface area (Å²) < 4.78 is 0. The molecule has 0 amide bonds. The second-order valence-corrected chi connectivity index (χ2v) is 4.21. The van der Waals surface area contributed by atoms with Gasteiger partial charge in [-0.1, -0.05) is 27.7 Å². The minimum absolute atomic E-state index is 0.0196. The largest absolute Gasteiger partial charge is 0.385 e. The molecule has 2 heteroatoms. The first-order chi connectivity index (χ1) is 5.46. The van der Waals surface area contributed by atoms with Crippen LogP contribution in [0, 0.1) is 23.7 Å². The minimum atomic E-state index is -0.730. The van der Waals surface area contributed by atoms with Crippen LogP contribution in [0.15, 0.2) is 0 Å². The highest BCUT2D eigenvalue weighted by molar-refractivity contribution is 5.86. The molecule has 1 aliphatic carbocycles. The third kappa shape index (κ3) is 1.28. The van der Waals surface area contributed by atoms with Gasteiger partial charge in [-0.15, -0.1) is 0 Å². The number of Topliss-reactive ketones (excluding diaryl/α,β-unsaturated/α-hetero) is 1. The first-order valence-electron chi connectivity index (χ1n) is 4.68. The first-order valence-corrected chi connectivity index (χ1v) is 4.68. The summed E-state index contributed by atoms with van der Waals surface area (Å²) in [7, 11) is 0. The van der Waals surface area contributed by atoms with E-state index >= 15 is 0 Å². The smallest absolute Gasteiger partial charge is 0.164 e. The first kappa shape index (κ1) is 9.72. The maximum atomic E-state index is 11.4. The van der Waals surface area contributed by atoms with Crippen molar-refractivity contribution in [3.63, 3.8) is 0 Å². The lowest BCUT2D eigenvalue weighted by Gasteiger charge is -2.38. The van der Waals surface area contributed by atoms with Crippen LogP contribution in [0.5, 0.6) is 0 Å². The molecule has 0 aromatic rings. The van der Waals surface area contributed by atoms with E-state index in [2.05, 4.69) is 13.8 Å². The number of hydrogen-bond donors (Lipinski definition) is 1. The second kappa shape index (κ2) is 3.17. The fourth-order valence-corrected chi connectivity index (χ4v) is 2.01. The van der Waals surface area contributed by atoms with E-state index in [1.165, 1.54) is 0 Å². The van der Waals surface area contributed by atoms with Gasteiger partial charge in [-0.3, -0.25) is 4.79 Å². The molecule has 2 nitrogen and oxygen atoms in total. The number of aliphatic hydroxyl groups excluding tert-OH is 1. The van der Waals surface area contributed by atoms with Crippen molar-refractivity contribution >= 4 is 5.78 Å². The number of carbonyl (C=O) groups excluding carboxylic acids is 1. The lowest BCUT2D eigenvalue weighted by atomic mass is 9.67. The van der Waals surface area contributed by atoms with Crippen LogP contribution in [0.1, 0.15) is 27.7 Å². The fourth-order valence-electron chi connectivity index (χ4n) is 2.01. The van der Waals surface area contributed by atoms with Gasteiger partial charge >= 0.3 is 0 Å². The monoisotopic (exact) mass is 170 g/mol. The zero-order valence-corrected chi connectivity index (χ0v) is 8.24. The van der Waals surface area contributed by atoms with E-state index in [-0.39, 0.29) is 17.6 Å². The molecular formula is C10H18O2. The second-order valence-electron chi connectivity index (χ2n) is 4.21. The Labute approximate surface area is 74.0 Å². The van der Waals surface area contributed by atoms with Crippen LogP contribution in [-0.4, -0.2) is 17.0 Å². The highest BCUT2D eigenvalue weighted by Crippen LogP contribution is 2.35. The summed E-state index contributed by atoms with van der Waals surface area (Å²) in [6, 6.07) is 0. The molecule has 1 fully saturated rings. The van der Waals surface area contributed by atoms with Crippen molar-refractivity contribution in [1.29, 1.82) is 0 Å². The standard InChI is InChI=1S/C10H18O2/c1-5-6(2)8(4)10(12)9(11)7(5)3/h5-9,11H,1-4H3. The van der Waals surface area contributed by atoms with Gasteiger partial charge in [0.1, 0.15) is 6.10 Å². The summed E-state index contributed by atoms with van der Waals surface area (Å²) in [5, 5.41) is 9.56. The van der Waals surface area contributed by atoms with Crippen molar-refractivity contribution in [2.75, 3.05) is 0 Å². The van der Waals surface area contributed by atoms with E-state index in [1.54, 1.807) is 0 Å². The SMILES string of the molecule is CC1C(=O)C(O)C(C)C(C)C1C. The van der Waals surface area contributed by atoms with Crippen molar-refractivity contribution in [3.8, 4) is 0 Å². The summed E-state index contributed by atoms with van der Waals surface area (Å²) in [5.74, 6) is 0.992. The summed E-state index contributed by atoms with van der Waals surface area (Å²) in [6.07, 6.45) is -0.730. The van der Waals surface area contributed by atoms with Gasteiger partial charge in [0.05, 0.1) is 0 Å². The predicted octanol–water partition coefficient (Wildman–Crippen LogP) is 1.47. The Morgan fingerprint density at radius 2 is 1.50 bits per heavy atom. The lowest BCUT2D eigenvalue weighted by molar-refractivity contribution is -0.142. The van der Waals surface area contributed by atoms with Crippen LogP contribution < -0.4 is 0 Å². The van der Waals surface area contributed by atoms with Gasteiger partial charge in [-0.05, 0) is 17.8 Å². The molecule has 0 aliphatic heterocycles. The number of ketones is 1. The summed E-state index contributed by atoms with van der Waals surface area (Å²) in [5.41, 5.74) is 0. The quantitative estimate of drug-likeness (QED) is 0.598. The summed E-state index contributed by atoms with van der Waals surface area (Å²) >= 11 is 0. The molecule has 0 radical (unpaired) electrons. The Balaban J connectivity index is 2.83. The van der Waals surface area contributed by atoms with Gasteiger partial charge in [-0.25, -0.2) is 0 Å². The van der Waals surface area contributed by atoms with E-state index in [0.717, 1.165) is 0 Å². The number of hydrogen-bond acceptors (Lipinski definition) is 2.